The molecule has 0 saturated carbocycles. The molecular weight excluding hydrogens is 424 g/mol. The number of nitrogens with zero attached hydrogens (tertiary/aromatic N) is 5. The van der Waals surface area contributed by atoms with E-state index in [4.69, 9.17) is 0 Å². The summed E-state index contributed by atoms with van der Waals surface area (Å²) in [6.45, 7) is 2.71. The van der Waals surface area contributed by atoms with Gasteiger partial charge in [0.05, 0.1) is 5.92 Å². The van der Waals surface area contributed by atoms with Crippen LogP contribution < -0.4 is 10.2 Å². The van der Waals surface area contributed by atoms with Crippen LogP contribution in [0.3, 0.4) is 0 Å². The molecule has 34 heavy (non-hydrogen) atoms. The maximum absolute atomic E-state index is 13.6. The van der Waals surface area contributed by atoms with Crippen molar-refractivity contribution >= 4 is 23.4 Å². The maximum Gasteiger partial charge on any atom is 0.234 e. The van der Waals surface area contributed by atoms with Crippen LogP contribution in [-0.4, -0.2) is 52.2 Å². The number of piperazine rings is 1. The highest BCUT2D eigenvalue weighted by Crippen LogP contribution is 2.28. The minimum Gasteiger partial charge on any atom is -0.352 e. The van der Waals surface area contributed by atoms with Gasteiger partial charge in [0.2, 0.25) is 5.91 Å². The van der Waals surface area contributed by atoms with E-state index in [1.54, 1.807) is 6.20 Å². The zero-order valence-corrected chi connectivity index (χ0v) is 18.8. The number of amides is 1. The van der Waals surface area contributed by atoms with Gasteiger partial charge in [-0.15, -0.1) is 10.2 Å². The Kier molecular flexibility index (Phi) is 6.42. The minimum atomic E-state index is -0.300. The van der Waals surface area contributed by atoms with Crippen LogP contribution in [0.4, 0.5) is 17.5 Å². The third kappa shape index (κ3) is 4.88. The van der Waals surface area contributed by atoms with Crippen molar-refractivity contribution in [3.05, 3.63) is 108 Å². The fourth-order valence-electron chi connectivity index (χ4n) is 4.24. The highest BCUT2D eigenvalue weighted by Gasteiger charge is 2.30. The van der Waals surface area contributed by atoms with Gasteiger partial charge in [0.15, 0.2) is 11.6 Å². The molecular formula is C27H26N6O. The van der Waals surface area contributed by atoms with Gasteiger partial charge in [0.25, 0.3) is 0 Å². The van der Waals surface area contributed by atoms with E-state index >= 15 is 0 Å². The first-order valence-corrected chi connectivity index (χ1v) is 11.4. The van der Waals surface area contributed by atoms with Crippen LogP contribution >= 0.6 is 0 Å². The van der Waals surface area contributed by atoms with Crippen molar-refractivity contribution in [1.29, 1.82) is 0 Å². The lowest BCUT2D eigenvalue weighted by Gasteiger charge is -2.37. The lowest BCUT2D eigenvalue weighted by Crippen LogP contribution is -2.50. The summed E-state index contributed by atoms with van der Waals surface area (Å²) in [5.41, 5.74) is 2.03. The zero-order chi connectivity index (χ0) is 23.2. The topological polar surface area (TPSA) is 74.2 Å². The number of nitrogens with one attached hydrogen (secondary N) is 1. The third-order valence-corrected chi connectivity index (χ3v) is 6.00. The number of anilines is 3. The molecule has 2 aromatic carbocycles. The van der Waals surface area contributed by atoms with Gasteiger partial charge in [-0.1, -0.05) is 66.7 Å². The lowest BCUT2D eigenvalue weighted by molar-refractivity contribution is -0.132. The van der Waals surface area contributed by atoms with Gasteiger partial charge >= 0.3 is 0 Å². The van der Waals surface area contributed by atoms with Crippen LogP contribution in [0.5, 0.6) is 0 Å². The Balaban J connectivity index is 1.25. The summed E-state index contributed by atoms with van der Waals surface area (Å²) >= 11 is 0. The van der Waals surface area contributed by atoms with E-state index < -0.39 is 0 Å². The van der Waals surface area contributed by atoms with Crippen molar-refractivity contribution in [2.75, 3.05) is 36.4 Å². The molecule has 1 fully saturated rings. The lowest BCUT2D eigenvalue weighted by atomic mass is 9.90. The van der Waals surface area contributed by atoms with Crippen LogP contribution in [0.2, 0.25) is 0 Å². The molecule has 4 aromatic rings. The molecule has 0 unspecified atom stereocenters. The van der Waals surface area contributed by atoms with Gasteiger partial charge in [0.1, 0.15) is 5.82 Å². The predicted octanol–water partition coefficient (Wildman–Crippen LogP) is 4.10. The Bertz CT molecular complexity index is 1150. The fraction of sp³-hybridized carbons (Fsp3) is 0.185. The maximum atomic E-state index is 13.6. The van der Waals surface area contributed by atoms with Crippen LogP contribution in [-0.2, 0) is 4.79 Å². The van der Waals surface area contributed by atoms with Crippen LogP contribution in [0.1, 0.15) is 17.0 Å². The highest BCUT2D eigenvalue weighted by atomic mass is 16.2. The molecule has 170 valence electrons. The molecule has 2 aromatic heterocycles. The van der Waals surface area contributed by atoms with Crippen molar-refractivity contribution < 1.29 is 4.79 Å². The second-order valence-electron chi connectivity index (χ2n) is 8.18. The summed E-state index contributed by atoms with van der Waals surface area (Å²) in [6, 6.07) is 29.5. The fourth-order valence-corrected chi connectivity index (χ4v) is 4.24. The predicted molar refractivity (Wildman–Crippen MR) is 133 cm³/mol. The summed E-state index contributed by atoms with van der Waals surface area (Å²) < 4.78 is 0. The molecule has 1 saturated heterocycles. The summed E-state index contributed by atoms with van der Waals surface area (Å²) in [5.74, 6) is 2.01. The first-order chi connectivity index (χ1) is 16.8. The molecule has 0 atom stereocenters. The van der Waals surface area contributed by atoms with Crippen LogP contribution in [0.15, 0.2) is 97.2 Å². The van der Waals surface area contributed by atoms with E-state index in [9.17, 15) is 4.79 Å². The van der Waals surface area contributed by atoms with Crippen LogP contribution in [0.25, 0.3) is 0 Å². The molecule has 0 bridgehead atoms. The standard InChI is InChI=1S/C27H26N6O/c34-27(26(21-9-3-1-4-10-21)22-11-5-2-6-12-22)33-19-17-32(18-20-33)25-15-14-24(30-31-25)29-23-13-7-8-16-28-23/h1-16,26H,17-20H2,(H,28,29,30). The molecule has 1 N–H and O–H groups in total. The summed E-state index contributed by atoms with van der Waals surface area (Å²) in [5, 5.41) is 11.8. The summed E-state index contributed by atoms with van der Waals surface area (Å²) in [7, 11) is 0. The molecule has 0 radical (unpaired) electrons. The molecule has 1 aliphatic heterocycles. The summed E-state index contributed by atoms with van der Waals surface area (Å²) in [4.78, 5) is 22.0. The van der Waals surface area contributed by atoms with Gasteiger partial charge in [-0.3, -0.25) is 4.79 Å². The van der Waals surface area contributed by atoms with E-state index in [2.05, 4.69) is 25.4 Å². The monoisotopic (exact) mass is 450 g/mol. The molecule has 7 nitrogen and oxygen atoms in total. The number of rotatable bonds is 6. The number of carbonyl (C=O) groups excluding carboxylic acids is 1. The normalized spacial score (nSPS) is 13.7. The SMILES string of the molecule is O=C(C(c1ccccc1)c1ccccc1)N1CCN(c2ccc(Nc3ccccn3)nn2)CC1. The Morgan fingerprint density at radius 3 is 1.91 bits per heavy atom. The molecule has 1 amide bonds. The molecule has 7 heteroatoms. The van der Waals surface area contributed by atoms with E-state index in [0.29, 0.717) is 32.0 Å². The molecule has 0 aliphatic carbocycles. The second kappa shape index (κ2) is 10.1. The number of carbonyl (C=O) groups is 1. The Labute approximate surface area is 199 Å². The average molecular weight is 451 g/mol. The largest absolute Gasteiger partial charge is 0.352 e. The molecule has 3 heterocycles. The number of pyridine rings is 1. The van der Waals surface area contributed by atoms with Crippen molar-refractivity contribution in [2.45, 2.75) is 5.92 Å². The summed E-state index contributed by atoms with van der Waals surface area (Å²) in [6.07, 6.45) is 1.73. The number of hydrogen-bond donors (Lipinski definition) is 1. The van der Waals surface area contributed by atoms with Gasteiger partial charge in [0, 0.05) is 32.4 Å². The number of benzene rings is 2. The highest BCUT2D eigenvalue weighted by molar-refractivity contribution is 5.87. The van der Waals surface area contributed by atoms with E-state index in [0.717, 1.165) is 22.8 Å². The van der Waals surface area contributed by atoms with E-state index in [-0.39, 0.29) is 11.8 Å². The van der Waals surface area contributed by atoms with Crippen molar-refractivity contribution in [3.63, 3.8) is 0 Å². The van der Waals surface area contributed by atoms with Crippen LogP contribution in [0, 0.1) is 0 Å². The minimum absolute atomic E-state index is 0.137. The van der Waals surface area contributed by atoms with Gasteiger partial charge < -0.3 is 15.1 Å². The van der Waals surface area contributed by atoms with Crippen molar-refractivity contribution in [1.82, 2.24) is 20.1 Å². The van der Waals surface area contributed by atoms with E-state index in [1.165, 1.54) is 0 Å². The van der Waals surface area contributed by atoms with Gasteiger partial charge in [-0.2, -0.15) is 0 Å². The quantitative estimate of drug-likeness (QED) is 0.477. The number of aromatic nitrogens is 3. The third-order valence-electron chi connectivity index (χ3n) is 6.00. The zero-order valence-electron chi connectivity index (χ0n) is 18.8. The first kappa shape index (κ1) is 21.6. The molecule has 5 rings (SSSR count). The number of hydrogen-bond acceptors (Lipinski definition) is 6. The van der Waals surface area contributed by atoms with Gasteiger partial charge in [-0.05, 0) is 35.4 Å². The average Bonchev–Trinajstić information content (AvgIpc) is 2.91. The molecule has 0 spiro atoms. The Morgan fingerprint density at radius 2 is 1.35 bits per heavy atom. The van der Waals surface area contributed by atoms with E-state index in [1.807, 2.05) is 95.9 Å². The van der Waals surface area contributed by atoms with Crippen molar-refractivity contribution in [2.24, 2.45) is 0 Å². The molecule has 1 aliphatic rings. The first-order valence-electron chi connectivity index (χ1n) is 11.4. The Morgan fingerprint density at radius 1 is 0.706 bits per heavy atom. The smallest absolute Gasteiger partial charge is 0.234 e. The second-order valence-corrected chi connectivity index (χ2v) is 8.18. The van der Waals surface area contributed by atoms with Gasteiger partial charge in [-0.25, -0.2) is 4.98 Å². The van der Waals surface area contributed by atoms with Crippen molar-refractivity contribution in [3.8, 4) is 0 Å². The Hall–Kier alpha value is -4.26.